The van der Waals surface area contributed by atoms with E-state index in [4.69, 9.17) is 9.26 Å². The molecule has 0 fully saturated rings. The minimum atomic E-state index is -2.96. The number of carbonyl (C=O) groups excluding carboxylic acids is 1. The number of unbranched alkanes of at least 4 members (excludes halogenated alkanes) is 1. The summed E-state index contributed by atoms with van der Waals surface area (Å²) in [6.45, 7) is 4.19. The van der Waals surface area contributed by atoms with E-state index in [2.05, 4.69) is 0 Å². The van der Waals surface area contributed by atoms with Gasteiger partial charge in [-0.2, -0.15) is 0 Å². The van der Waals surface area contributed by atoms with Crippen molar-refractivity contribution in [3.8, 4) is 0 Å². The Labute approximate surface area is 114 Å². The monoisotopic (exact) mass is 284 g/mol. The van der Waals surface area contributed by atoms with Crippen molar-refractivity contribution < 1.29 is 18.6 Å². The molecule has 0 heterocycles. The molecule has 0 aliphatic rings. The molecular formula is C14H21O4P. The van der Waals surface area contributed by atoms with Gasteiger partial charge in [0, 0.05) is 13.3 Å². The number of benzene rings is 1. The van der Waals surface area contributed by atoms with E-state index in [1.165, 1.54) is 7.11 Å². The molecule has 0 aliphatic heterocycles. The summed E-state index contributed by atoms with van der Waals surface area (Å²) in [5.41, 5.74) is 0.339. The van der Waals surface area contributed by atoms with Gasteiger partial charge in [0.25, 0.3) is 0 Å². The maximum Gasteiger partial charge on any atom is 0.338 e. The van der Waals surface area contributed by atoms with Gasteiger partial charge in [0.1, 0.15) is 0 Å². The summed E-state index contributed by atoms with van der Waals surface area (Å²) in [6.07, 6.45) is 2.13. The molecule has 1 aromatic rings. The number of hydrogen-bond donors (Lipinski definition) is 0. The van der Waals surface area contributed by atoms with E-state index in [1.54, 1.807) is 31.2 Å². The van der Waals surface area contributed by atoms with Crippen molar-refractivity contribution in [3.63, 3.8) is 0 Å². The molecule has 0 aromatic heterocycles. The van der Waals surface area contributed by atoms with Crippen LogP contribution < -0.4 is 5.30 Å². The van der Waals surface area contributed by atoms with E-state index in [0.717, 1.165) is 12.8 Å². The summed E-state index contributed by atoms with van der Waals surface area (Å²) in [6, 6.07) is 6.78. The SMILES string of the molecule is CCCCOC(=O)c1ccccc1P(=O)(CC)OC. The third-order valence-electron chi connectivity index (χ3n) is 2.93. The van der Waals surface area contributed by atoms with Gasteiger partial charge in [-0.15, -0.1) is 0 Å². The maximum absolute atomic E-state index is 12.6. The van der Waals surface area contributed by atoms with E-state index in [-0.39, 0.29) is 0 Å². The first-order chi connectivity index (χ1) is 9.09. The molecular weight excluding hydrogens is 263 g/mol. The molecule has 1 rings (SSSR count). The molecule has 0 saturated carbocycles. The predicted molar refractivity (Wildman–Crippen MR) is 76.4 cm³/mol. The molecule has 19 heavy (non-hydrogen) atoms. The minimum absolute atomic E-state index is 0.339. The van der Waals surface area contributed by atoms with Crippen molar-refractivity contribution in [1.29, 1.82) is 0 Å². The van der Waals surface area contributed by atoms with Crippen LogP contribution in [0.15, 0.2) is 24.3 Å². The van der Waals surface area contributed by atoms with Crippen LogP contribution in [-0.2, 0) is 13.8 Å². The first-order valence-corrected chi connectivity index (χ1v) is 8.31. The Kier molecular flexibility index (Phi) is 6.26. The van der Waals surface area contributed by atoms with E-state index in [0.29, 0.717) is 23.6 Å². The summed E-state index contributed by atoms with van der Waals surface area (Å²) in [7, 11) is -1.56. The smallest absolute Gasteiger partial charge is 0.338 e. The Hall–Kier alpha value is -1.12. The van der Waals surface area contributed by atoms with Gasteiger partial charge < -0.3 is 9.26 Å². The Bertz CT molecular complexity index is 462. The zero-order valence-corrected chi connectivity index (χ0v) is 12.6. The van der Waals surface area contributed by atoms with E-state index >= 15 is 0 Å². The highest BCUT2D eigenvalue weighted by Crippen LogP contribution is 2.45. The quantitative estimate of drug-likeness (QED) is 0.438. The summed E-state index contributed by atoms with van der Waals surface area (Å²) in [4.78, 5) is 12.0. The molecule has 0 radical (unpaired) electrons. The first kappa shape index (κ1) is 15.9. The number of rotatable bonds is 7. The lowest BCUT2D eigenvalue weighted by molar-refractivity contribution is 0.0501. The topological polar surface area (TPSA) is 52.6 Å². The van der Waals surface area contributed by atoms with Gasteiger partial charge in [-0.1, -0.05) is 32.4 Å². The molecule has 0 N–H and O–H groups in total. The van der Waals surface area contributed by atoms with Crippen molar-refractivity contribution in [3.05, 3.63) is 29.8 Å². The fourth-order valence-electron chi connectivity index (χ4n) is 1.73. The van der Waals surface area contributed by atoms with Gasteiger partial charge >= 0.3 is 5.97 Å². The molecule has 1 aromatic carbocycles. The number of carbonyl (C=O) groups is 1. The van der Waals surface area contributed by atoms with Crippen LogP contribution in [-0.4, -0.2) is 25.8 Å². The van der Waals surface area contributed by atoms with Crippen LogP contribution >= 0.6 is 7.37 Å². The Morgan fingerprint density at radius 2 is 1.95 bits per heavy atom. The molecule has 0 bridgehead atoms. The molecule has 0 saturated heterocycles. The van der Waals surface area contributed by atoms with Gasteiger partial charge in [0.15, 0.2) is 0 Å². The zero-order valence-electron chi connectivity index (χ0n) is 11.7. The Balaban J connectivity index is 3.02. The highest BCUT2D eigenvalue weighted by molar-refractivity contribution is 7.67. The third kappa shape index (κ3) is 3.92. The number of hydrogen-bond acceptors (Lipinski definition) is 4. The largest absolute Gasteiger partial charge is 0.462 e. The summed E-state index contributed by atoms with van der Waals surface area (Å²) in [5.74, 6) is -0.435. The molecule has 1 atom stereocenters. The first-order valence-electron chi connectivity index (χ1n) is 6.50. The summed E-state index contributed by atoms with van der Waals surface area (Å²) < 4.78 is 22.9. The van der Waals surface area contributed by atoms with Crippen LogP contribution in [0.25, 0.3) is 0 Å². The molecule has 4 nitrogen and oxygen atoms in total. The predicted octanol–water partition coefficient (Wildman–Crippen LogP) is 3.21. The van der Waals surface area contributed by atoms with Crippen molar-refractivity contribution >= 4 is 18.6 Å². The standard InChI is InChI=1S/C14H21O4P/c1-4-6-11-18-14(15)12-9-7-8-10-13(12)19(16,5-2)17-3/h7-10H,4-6,11H2,1-3H3. The van der Waals surface area contributed by atoms with E-state index in [9.17, 15) is 9.36 Å². The average molecular weight is 284 g/mol. The third-order valence-corrected chi connectivity index (χ3v) is 5.48. The summed E-state index contributed by atoms with van der Waals surface area (Å²) in [5, 5.41) is 0.446. The fourth-order valence-corrected chi connectivity index (χ4v) is 3.37. The highest BCUT2D eigenvalue weighted by Gasteiger charge is 2.28. The molecule has 0 amide bonds. The van der Waals surface area contributed by atoms with Crippen LogP contribution in [0.3, 0.4) is 0 Å². The van der Waals surface area contributed by atoms with Gasteiger partial charge in [-0.3, -0.25) is 4.57 Å². The van der Waals surface area contributed by atoms with Crippen LogP contribution in [0, 0.1) is 0 Å². The Morgan fingerprint density at radius 1 is 1.26 bits per heavy atom. The second kappa shape index (κ2) is 7.46. The van der Waals surface area contributed by atoms with Crippen molar-refractivity contribution in [1.82, 2.24) is 0 Å². The van der Waals surface area contributed by atoms with Gasteiger partial charge in [0.2, 0.25) is 7.37 Å². The molecule has 0 spiro atoms. The highest BCUT2D eigenvalue weighted by atomic mass is 31.2. The van der Waals surface area contributed by atoms with E-state index < -0.39 is 13.3 Å². The van der Waals surface area contributed by atoms with Gasteiger partial charge in [0.05, 0.1) is 17.5 Å². The molecule has 5 heteroatoms. The lowest BCUT2D eigenvalue weighted by atomic mass is 10.2. The van der Waals surface area contributed by atoms with Crippen LogP contribution in [0.4, 0.5) is 0 Å². The van der Waals surface area contributed by atoms with E-state index in [1.807, 2.05) is 6.92 Å². The van der Waals surface area contributed by atoms with Crippen LogP contribution in [0.2, 0.25) is 0 Å². The lowest BCUT2D eigenvalue weighted by Gasteiger charge is -2.17. The normalized spacial score (nSPS) is 13.8. The van der Waals surface area contributed by atoms with Crippen LogP contribution in [0.1, 0.15) is 37.0 Å². The molecule has 1 unspecified atom stereocenters. The second-order valence-corrected chi connectivity index (χ2v) is 7.01. The van der Waals surface area contributed by atoms with Gasteiger partial charge in [-0.25, -0.2) is 4.79 Å². The average Bonchev–Trinajstić information content (AvgIpc) is 2.46. The van der Waals surface area contributed by atoms with Crippen LogP contribution in [0.5, 0.6) is 0 Å². The minimum Gasteiger partial charge on any atom is -0.462 e. The number of ether oxygens (including phenoxy) is 1. The number of esters is 1. The van der Waals surface area contributed by atoms with Crippen molar-refractivity contribution in [2.45, 2.75) is 26.7 Å². The molecule has 106 valence electrons. The maximum atomic E-state index is 12.6. The summed E-state index contributed by atoms with van der Waals surface area (Å²) >= 11 is 0. The van der Waals surface area contributed by atoms with Crippen molar-refractivity contribution in [2.75, 3.05) is 19.9 Å². The zero-order chi connectivity index (χ0) is 14.3. The van der Waals surface area contributed by atoms with Crippen molar-refractivity contribution in [2.24, 2.45) is 0 Å². The second-order valence-electron chi connectivity index (χ2n) is 4.18. The Morgan fingerprint density at radius 3 is 2.53 bits per heavy atom. The van der Waals surface area contributed by atoms with Gasteiger partial charge in [-0.05, 0) is 18.6 Å². The fraction of sp³-hybridized carbons (Fsp3) is 0.500. The molecule has 0 aliphatic carbocycles. The lowest BCUT2D eigenvalue weighted by Crippen LogP contribution is -2.20.